The van der Waals surface area contributed by atoms with Crippen LogP contribution in [0.1, 0.15) is 36.7 Å². The number of thiocarbonyl (C=S) groups is 1. The summed E-state index contributed by atoms with van der Waals surface area (Å²) in [6.07, 6.45) is 0. The molecular formula is C13H18FN3OS. The molecule has 1 aromatic carbocycles. The van der Waals surface area contributed by atoms with Gasteiger partial charge in [0.25, 0.3) is 5.91 Å². The van der Waals surface area contributed by atoms with E-state index in [1.165, 1.54) is 6.07 Å². The van der Waals surface area contributed by atoms with Crippen LogP contribution in [0.3, 0.4) is 0 Å². The molecule has 19 heavy (non-hydrogen) atoms. The predicted molar refractivity (Wildman–Crippen MR) is 77.2 cm³/mol. The van der Waals surface area contributed by atoms with E-state index in [0.717, 1.165) is 0 Å². The van der Waals surface area contributed by atoms with Gasteiger partial charge in [-0.2, -0.15) is 0 Å². The molecule has 1 aromatic rings. The third kappa shape index (κ3) is 5.21. The Kier molecular flexibility index (Phi) is 4.83. The second-order valence-corrected chi connectivity index (χ2v) is 5.66. The number of benzene rings is 1. The van der Waals surface area contributed by atoms with Gasteiger partial charge in [0.05, 0.1) is 0 Å². The van der Waals surface area contributed by atoms with E-state index in [4.69, 9.17) is 12.2 Å². The van der Waals surface area contributed by atoms with Crippen LogP contribution in [0.2, 0.25) is 0 Å². The van der Waals surface area contributed by atoms with E-state index < -0.39 is 11.7 Å². The summed E-state index contributed by atoms with van der Waals surface area (Å²) in [6, 6.07) is 4.29. The van der Waals surface area contributed by atoms with Gasteiger partial charge in [-0.25, -0.2) is 4.39 Å². The van der Waals surface area contributed by atoms with Gasteiger partial charge in [0.2, 0.25) is 0 Å². The topological polar surface area (TPSA) is 53.2 Å². The van der Waals surface area contributed by atoms with Crippen molar-refractivity contribution in [2.45, 2.75) is 33.2 Å². The fraction of sp³-hybridized carbons (Fsp3) is 0.385. The number of hydrazine groups is 1. The predicted octanol–water partition coefficient (Wildman–Crippen LogP) is 2.04. The largest absolute Gasteiger partial charge is 0.357 e. The van der Waals surface area contributed by atoms with Gasteiger partial charge in [-0.3, -0.25) is 15.6 Å². The van der Waals surface area contributed by atoms with Crippen LogP contribution in [0.25, 0.3) is 0 Å². The monoisotopic (exact) mass is 283 g/mol. The van der Waals surface area contributed by atoms with Crippen LogP contribution in [0.4, 0.5) is 4.39 Å². The minimum absolute atomic E-state index is 0.204. The van der Waals surface area contributed by atoms with Crippen molar-refractivity contribution >= 4 is 23.2 Å². The lowest BCUT2D eigenvalue weighted by Crippen LogP contribution is -2.52. The third-order valence-corrected chi connectivity index (χ3v) is 2.42. The molecule has 1 amide bonds. The molecule has 0 saturated heterocycles. The molecular weight excluding hydrogens is 265 g/mol. The lowest BCUT2D eigenvalue weighted by molar-refractivity contribution is 0.0943. The van der Waals surface area contributed by atoms with Gasteiger partial charge in [-0.1, -0.05) is 6.07 Å². The zero-order chi connectivity index (χ0) is 14.6. The number of carbonyl (C=O) groups excluding carboxylic acids is 1. The van der Waals surface area contributed by atoms with Crippen molar-refractivity contribution in [3.63, 3.8) is 0 Å². The first kappa shape index (κ1) is 15.4. The first-order valence-electron chi connectivity index (χ1n) is 5.84. The van der Waals surface area contributed by atoms with E-state index in [1.807, 2.05) is 20.8 Å². The highest BCUT2D eigenvalue weighted by atomic mass is 32.1. The second kappa shape index (κ2) is 5.97. The summed E-state index contributed by atoms with van der Waals surface area (Å²) in [5.74, 6) is -0.861. The summed E-state index contributed by atoms with van der Waals surface area (Å²) < 4.78 is 13.3. The molecule has 0 spiro atoms. The third-order valence-electron chi connectivity index (χ3n) is 2.21. The maximum atomic E-state index is 13.3. The van der Waals surface area contributed by atoms with E-state index in [1.54, 1.807) is 19.1 Å². The molecule has 104 valence electrons. The maximum absolute atomic E-state index is 13.3. The van der Waals surface area contributed by atoms with Gasteiger partial charge >= 0.3 is 0 Å². The molecule has 0 saturated carbocycles. The Labute approximate surface area is 117 Å². The Morgan fingerprint density at radius 1 is 1.26 bits per heavy atom. The van der Waals surface area contributed by atoms with Gasteiger partial charge in [0.1, 0.15) is 5.82 Å². The van der Waals surface area contributed by atoms with Gasteiger partial charge in [0, 0.05) is 11.1 Å². The number of hydrogen-bond donors (Lipinski definition) is 3. The Hall–Kier alpha value is -1.69. The highest BCUT2D eigenvalue weighted by molar-refractivity contribution is 7.80. The van der Waals surface area contributed by atoms with Crippen LogP contribution in [0.5, 0.6) is 0 Å². The van der Waals surface area contributed by atoms with Crippen LogP contribution in [-0.4, -0.2) is 16.6 Å². The molecule has 0 atom stereocenters. The van der Waals surface area contributed by atoms with Crippen molar-refractivity contribution in [3.8, 4) is 0 Å². The molecule has 0 aromatic heterocycles. The molecule has 1 rings (SSSR count). The lowest BCUT2D eigenvalue weighted by Gasteiger charge is -2.23. The molecule has 0 aliphatic heterocycles. The number of amides is 1. The van der Waals surface area contributed by atoms with Gasteiger partial charge in [-0.05, 0) is 57.6 Å². The number of carbonyl (C=O) groups is 1. The van der Waals surface area contributed by atoms with Crippen molar-refractivity contribution < 1.29 is 9.18 Å². The average Bonchev–Trinajstić information content (AvgIpc) is 2.27. The zero-order valence-corrected chi connectivity index (χ0v) is 12.2. The number of aryl methyl sites for hydroxylation is 1. The molecule has 6 heteroatoms. The molecule has 0 unspecified atom stereocenters. The number of rotatable bonds is 1. The fourth-order valence-corrected chi connectivity index (χ4v) is 1.65. The standard InChI is InChI=1S/C13H18FN3OS/c1-8-5-6-9(7-10(8)14)11(18)16-17-12(19)15-13(2,3)4/h5-7H,1-4H3,(H,16,18)(H2,15,17,19). The lowest BCUT2D eigenvalue weighted by atomic mass is 10.1. The van der Waals surface area contributed by atoms with Crippen LogP contribution < -0.4 is 16.2 Å². The van der Waals surface area contributed by atoms with Crippen LogP contribution in [0, 0.1) is 12.7 Å². The number of halogens is 1. The summed E-state index contributed by atoms with van der Waals surface area (Å²) in [5, 5.41) is 3.28. The van der Waals surface area contributed by atoms with E-state index in [-0.39, 0.29) is 11.1 Å². The Morgan fingerprint density at radius 2 is 1.89 bits per heavy atom. The normalized spacial score (nSPS) is 10.8. The smallest absolute Gasteiger partial charge is 0.269 e. The summed E-state index contributed by atoms with van der Waals surface area (Å²) in [4.78, 5) is 11.8. The SMILES string of the molecule is Cc1ccc(C(=O)NNC(=S)NC(C)(C)C)cc1F. The molecule has 4 nitrogen and oxygen atoms in total. The van der Waals surface area contributed by atoms with E-state index >= 15 is 0 Å². The van der Waals surface area contributed by atoms with E-state index in [9.17, 15) is 9.18 Å². The van der Waals surface area contributed by atoms with Gasteiger partial charge in [-0.15, -0.1) is 0 Å². The Balaban J connectivity index is 2.56. The molecule has 0 heterocycles. The second-order valence-electron chi connectivity index (χ2n) is 5.25. The van der Waals surface area contributed by atoms with E-state index in [0.29, 0.717) is 10.7 Å². The summed E-state index contributed by atoms with van der Waals surface area (Å²) in [5.41, 5.74) is 5.50. The molecule has 3 N–H and O–H groups in total. The molecule has 0 radical (unpaired) electrons. The summed E-state index contributed by atoms with van der Waals surface area (Å²) in [6.45, 7) is 7.46. The highest BCUT2D eigenvalue weighted by Gasteiger charge is 2.12. The Bertz CT molecular complexity index is 497. The minimum atomic E-state index is -0.447. The van der Waals surface area contributed by atoms with Gasteiger partial charge in [0.15, 0.2) is 5.11 Å². The van der Waals surface area contributed by atoms with Crippen molar-refractivity contribution in [1.29, 1.82) is 0 Å². The molecule has 0 fully saturated rings. The number of nitrogens with one attached hydrogen (secondary N) is 3. The summed E-state index contributed by atoms with van der Waals surface area (Å²) >= 11 is 5.01. The van der Waals surface area contributed by atoms with E-state index in [2.05, 4.69) is 16.2 Å². The van der Waals surface area contributed by atoms with Crippen molar-refractivity contribution in [2.24, 2.45) is 0 Å². The van der Waals surface area contributed by atoms with Crippen molar-refractivity contribution in [1.82, 2.24) is 16.2 Å². The molecule has 0 bridgehead atoms. The van der Waals surface area contributed by atoms with Crippen LogP contribution >= 0.6 is 12.2 Å². The first-order valence-corrected chi connectivity index (χ1v) is 6.24. The van der Waals surface area contributed by atoms with Crippen LogP contribution in [-0.2, 0) is 0 Å². The molecule has 0 aliphatic carbocycles. The first-order chi connectivity index (χ1) is 8.69. The van der Waals surface area contributed by atoms with Crippen molar-refractivity contribution in [3.05, 3.63) is 35.1 Å². The minimum Gasteiger partial charge on any atom is -0.357 e. The zero-order valence-electron chi connectivity index (χ0n) is 11.4. The Morgan fingerprint density at radius 3 is 2.42 bits per heavy atom. The highest BCUT2D eigenvalue weighted by Crippen LogP contribution is 2.08. The van der Waals surface area contributed by atoms with Gasteiger partial charge < -0.3 is 5.32 Å². The quantitative estimate of drug-likeness (QED) is 0.545. The molecule has 0 aliphatic rings. The summed E-state index contributed by atoms with van der Waals surface area (Å²) in [7, 11) is 0. The maximum Gasteiger partial charge on any atom is 0.269 e. The average molecular weight is 283 g/mol. The van der Waals surface area contributed by atoms with Crippen LogP contribution in [0.15, 0.2) is 18.2 Å². The van der Waals surface area contributed by atoms with Crippen molar-refractivity contribution in [2.75, 3.05) is 0 Å². The fourth-order valence-electron chi connectivity index (χ4n) is 1.29. The number of hydrogen-bond acceptors (Lipinski definition) is 2.